The largest absolute Gasteiger partial charge is 0.399 e. The SMILES string of the molecule is CCC=Nc1cc(-c2c3ccccc3nc3ccccc23)cc(C(N)O)c1.Nc1cc(CO)cc(Nc2c3ccccc3nc3ccccc23)c1. The van der Waals surface area contributed by atoms with Crippen LogP contribution >= 0.6 is 0 Å². The maximum absolute atomic E-state index is 9.99. The van der Waals surface area contributed by atoms with Gasteiger partial charge in [-0.15, -0.1) is 0 Å². The maximum Gasteiger partial charge on any atom is 0.128 e. The molecule has 8 aromatic rings. The van der Waals surface area contributed by atoms with Crippen LogP contribution in [0.4, 0.5) is 22.7 Å². The average molecular weight is 671 g/mol. The third kappa shape index (κ3) is 7.11. The van der Waals surface area contributed by atoms with Crippen molar-refractivity contribution < 1.29 is 10.2 Å². The number of hydrogen-bond donors (Lipinski definition) is 5. The summed E-state index contributed by atoms with van der Waals surface area (Å²) in [6, 6.07) is 43.6. The molecule has 1 unspecified atom stereocenters. The van der Waals surface area contributed by atoms with Crippen molar-refractivity contribution in [2.45, 2.75) is 26.2 Å². The number of anilines is 3. The first-order chi connectivity index (χ1) is 24.9. The van der Waals surface area contributed by atoms with Crippen LogP contribution < -0.4 is 16.8 Å². The molecule has 252 valence electrons. The first-order valence-corrected chi connectivity index (χ1v) is 16.9. The number of para-hydroxylation sites is 4. The zero-order chi connectivity index (χ0) is 35.3. The van der Waals surface area contributed by atoms with Crippen LogP contribution in [0.15, 0.2) is 138 Å². The predicted molar refractivity (Wildman–Crippen MR) is 212 cm³/mol. The topological polar surface area (TPSA) is 143 Å². The van der Waals surface area contributed by atoms with Gasteiger partial charge in [0.1, 0.15) is 6.23 Å². The second-order valence-corrected chi connectivity index (χ2v) is 12.3. The Morgan fingerprint density at radius 1 is 0.706 bits per heavy atom. The second kappa shape index (κ2) is 14.7. The number of nitrogens with two attached hydrogens (primary N) is 2. The summed E-state index contributed by atoms with van der Waals surface area (Å²) in [5.41, 5.74) is 22.2. The third-order valence-electron chi connectivity index (χ3n) is 8.64. The zero-order valence-electron chi connectivity index (χ0n) is 28.2. The molecule has 0 aliphatic heterocycles. The molecule has 0 aliphatic carbocycles. The minimum Gasteiger partial charge on any atom is -0.399 e. The van der Waals surface area contributed by atoms with E-state index in [1.54, 1.807) is 6.07 Å². The van der Waals surface area contributed by atoms with Crippen molar-refractivity contribution in [3.8, 4) is 11.1 Å². The quantitative estimate of drug-likeness (QED) is 0.0492. The van der Waals surface area contributed by atoms with Crippen molar-refractivity contribution >= 4 is 72.6 Å². The lowest BCUT2D eigenvalue weighted by molar-refractivity contribution is 0.186. The van der Waals surface area contributed by atoms with Crippen LogP contribution in [0.3, 0.4) is 0 Å². The van der Waals surface area contributed by atoms with Gasteiger partial charge in [-0.25, -0.2) is 9.97 Å². The Hall–Kier alpha value is -6.19. The number of nitrogens with one attached hydrogen (secondary N) is 1. The molecular weight excluding hydrogens is 633 g/mol. The van der Waals surface area contributed by atoms with E-state index in [-0.39, 0.29) is 6.61 Å². The number of aromatic nitrogens is 2. The molecular formula is C43H38N6O2. The summed E-state index contributed by atoms with van der Waals surface area (Å²) in [6.45, 7) is 1.99. The van der Waals surface area contributed by atoms with Crippen molar-refractivity contribution in [2.75, 3.05) is 11.1 Å². The number of fused-ring (bicyclic) bond motifs is 4. The van der Waals surface area contributed by atoms with Crippen LogP contribution in [0.5, 0.6) is 0 Å². The molecule has 0 fully saturated rings. The fourth-order valence-corrected chi connectivity index (χ4v) is 6.37. The highest BCUT2D eigenvalue weighted by Crippen LogP contribution is 2.38. The molecule has 0 amide bonds. The highest BCUT2D eigenvalue weighted by atomic mass is 16.3. The third-order valence-corrected chi connectivity index (χ3v) is 8.64. The van der Waals surface area contributed by atoms with E-state index >= 15 is 0 Å². The normalized spacial score (nSPS) is 12.0. The Labute approximate surface area is 295 Å². The number of nitrogens with zero attached hydrogens (tertiary/aromatic N) is 3. The summed E-state index contributed by atoms with van der Waals surface area (Å²) >= 11 is 0. The predicted octanol–water partition coefficient (Wildman–Crippen LogP) is 9.32. The number of benzene rings is 6. The van der Waals surface area contributed by atoms with E-state index in [4.69, 9.17) is 21.4 Å². The first-order valence-electron chi connectivity index (χ1n) is 16.9. The van der Waals surface area contributed by atoms with Crippen LogP contribution in [0.2, 0.25) is 0 Å². The fourth-order valence-electron chi connectivity index (χ4n) is 6.37. The summed E-state index contributed by atoms with van der Waals surface area (Å²) in [6.07, 6.45) is 1.64. The standard InChI is InChI=1S/C23H21N3O.C20H17N3O/c1-2-11-25-17-13-15(12-16(14-17)23(24)27)22-18-7-3-5-9-20(18)26-21-10-6-4-8-19(21)22;21-14-9-13(12-24)10-15(11-14)22-20-16-5-1-3-7-18(16)23-19-8-4-2-6-17(19)20/h3-14,23,27H,2,24H2,1H3;1-11,24H,12,21H2,(H,22,23). The molecule has 8 heteroatoms. The number of pyridine rings is 2. The monoisotopic (exact) mass is 670 g/mol. The lowest BCUT2D eigenvalue weighted by Gasteiger charge is -2.14. The van der Waals surface area contributed by atoms with E-state index in [1.165, 1.54) is 0 Å². The van der Waals surface area contributed by atoms with Gasteiger partial charge < -0.3 is 27.0 Å². The van der Waals surface area contributed by atoms with Crippen LogP contribution in [0.25, 0.3) is 54.7 Å². The molecule has 51 heavy (non-hydrogen) atoms. The van der Waals surface area contributed by atoms with Gasteiger partial charge in [0.2, 0.25) is 0 Å². The zero-order valence-corrected chi connectivity index (χ0v) is 28.2. The van der Waals surface area contributed by atoms with Gasteiger partial charge in [0.25, 0.3) is 0 Å². The molecule has 1 atom stereocenters. The molecule has 6 aromatic carbocycles. The lowest BCUT2D eigenvalue weighted by atomic mass is 9.94. The molecule has 0 aliphatic rings. The molecule has 2 aromatic heterocycles. The highest BCUT2D eigenvalue weighted by molar-refractivity contribution is 6.10. The Morgan fingerprint density at radius 3 is 1.76 bits per heavy atom. The number of aliphatic hydroxyl groups excluding tert-OH is 2. The van der Waals surface area contributed by atoms with Crippen LogP contribution in [-0.4, -0.2) is 26.4 Å². The van der Waals surface area contributed by atoms with Crippen molar-refractivity contribution in [3.63, 3.8) is 0 Å². The Morgan fingerprint density at radius 2 is 1.24 bits per heavy atom. The molecule has 8 nitrogen and oxygen atoms in total. The first kappa shape index (κ1) is 33.3. The van der Waals surface area contributed by atoms with Crippen molar-refractivity contribution in [1.29, 1.82) is 0 Å². The fraction of sp³-hybridized carbons (Fsp3) is 0.0930. The number of aliphatic imine (C=N–C) groups is 1. The summed E-state index contributed by atoms with van der Waals surface area (Å²) in [7, 11) is 0. The van der Waals surface area contributed by atoms with E-state index < -0.39 is 6.23 Å². The van der Waals surface area contributed by atoms with Crippen LogP contribution in [-0.2, 0) is 6.61 Å². The van der Waals surface area contributed by atoms with Gasteiger partial charge in [-0.2, -0.15) is 0 Å². The molecule has 2 heterocycles. The molecule has 0 saturated heterocycles. The summed E-state index contributed by atoms with van der Waals surface area (Å²) in [4.78, 5) is 14.0. The number of nitrogen functional groups attached to an aromatic ring is 1. The second-order valence-electron chi connectivity index (χ2n) is 12.3. The summed E-state index contributed by atoms with van der Waals surface area (Å²) in [5.74, 6) is 0. The van der Waals surface area contributed by atoms with Gasteiger partial charge in [0, 0.05) is 44.7 Å². The van der Waals surface area contributed by atoms with E-state index in [1.807, 2.05) is 116 Å². The van der Waals surface area contributed by atoms with Crippen molar-refractivity contribution in [3.05, 3.63) is 145 Å². The Balaban J connectivity index is 0.000000160. The lowest BCUT2D eigenvalue weighted by Crippen LogP contribution is -2.08. The average Bonchev–Trinajstić information content (AvgIpc) is 3.15. The van der Waals surface area contributed by atoms with E-state index in [0.717, 1.165) is 83.8 Å². The van der Waals surface area contributed by atoms with Gasteiger partial charge in [0.15, 0.2) is 0 Å². The van der Waals surface area contributed by atoms with Crippen molar-refractivity contribution in [1.82, 2.24) is 9.97 Å². The molecule has 0 spiro atoms. The smallest absolute Gasteiger partial charge is 0.128 e. The molecule has 0 saturated carbocycles. The maximum atomic E-state index is 9.99. The Kier molecular flexibility index (Phi) is 9.63. The highest BCUT2D eigenvalue weighted by Gasteiger charge is 2.14. The molecule has 0 bridgehead atoms. The van der Waals surface area contributed by atoms with Gasteiger partial charge >= 0.3 is 0 Å². The van der Waals surface area contributed by atoms with E-state index in [0.29, 0.717) is 11.3 Å². The van der Waals surface area contributed by atoms with Gasteiger partial charge in [-0.3, -0.25) is 4.99 Å². The summed E-state index contributed by atoms with van der Waals surface area (Å²) in [5, 5.41) is 27.1. The number of hydrogen-bond acceptors (Lipinski definition) is 8. The number of aliphatic hydroxyl groups is 2. The van der Waals surface area contributed by atoms with Crippen LogP contribution in [0, 0.1) is 0 Å². The van der Waals surface area contributed by atoms with Gasteiger partial charge in [-0.05, 0) is 83.8 Å². The van der Waals surface area contributed by atoms with Gasteiger partial charge in [0.05, 0.1) is 40.0 Å². The minimum absolute atomic E-state index is 0.0441. The minimum atomic E-state index is -1.06. The molecule has 8 rings (SSSR count). The Bertz CT molecular complexity index is 2440. The van der Waals surface area contributed by atoms with E-state index in [9.17, 15) is 10.2 Å². The molecule has 7 N–H and O–H groups in total. The summed E-state index contributed by atoms with van der Waals surface area (Å²) < 4.78 is 0. The van der Waals surface area contributed by atoms with E-state index in [2.05, 4.69) is 34.6 Å². The molecule has 0 radical (unpaired) electrons. The van der Waals surface area contributed by atoms with Crippen molar-refractivity contribution in [2.24, 2.45) is 10.7 Å². The van der Waals surface area contributed by atoms with Crippen LogP contribution in [0.1, 0.15) is 30.7 Å². The number of rotatable bonds is 7. The van der Waals surface area contributed by atoms with Gasteiger partial charge in [-0.1, -0.05) is 79.7 Å².